The number of hydrogen-bond donors (Lipinski definition) is 2. The Labute approximate surface area is 132 Å². The van der Waals surface area contributed by atoms with Gasteiger partial charge in [-0.3, -0.25) is 4.79 Å². The Morgan fingerprint density at radius 2 is 1.77 bits per heavy atom. The van der Waals surface area contributed by atoms with Crippen LogP contribution in [0.2, 0.25) is 0 Å². The van der Waals surface area contributed by atoms with Crippen LogP contribution in [0.15, 0.2) is 48.5 Å². The minimum atomic E-state index is -0.0846. The standard InChI is InChI=1S/C19H24N2O/c1-19(2,3)16-9-7-14(8-10-16)11-12-21-18(22)15-5-4-6-17(20)13-15/h4-10,13H,11-12,20H2,1-3H3,(H,21,22). The van der Waals surface area contributed by atoms with Crippen molar-refractivity contribution in [2.45, 2.75) is 32.6 Å². The molecule has 0 fully saturated rings. The number of amides is 1. The first kappa shape index (κ1) is 16.1. The van der Waals surface area contributed by atoms with E-state index in [2.05, 4.69) is 50.4 Å². The van der Waals surface area contributed by atoms with Crippen LogP contribution in [-0.4, -0.2) is 12.5 Å². The molecule has 2 rings (SSSR count). The summed E-state index contributed by atoms with van der Waals surface area (Å²) in [5.41, 5.74) is 9.60. The summed E-state index contributed by atoms with van der Waals surface area (Å²) in [4.78, 5) is 12.0. The molecule has 3 nitrogen and oxygen atoms in total. The van der Waals surface area contributed by atoms with Crippen molar-refractivity contribution >= 4 is 11.6 Å². The van der Waals surface area contributed by atoms with Gasteiger partial charge in [0.2, 0.25) is 0 Å². The van der Waals surface area contributed by atoms with E-state index in [4.69, 9.17) is 5.73 Å². The van der Waals surface area contributed by atoms with Gasteiger partial charge in [-0.25, -0.2) is 0 Å². The molecule has 0 heterocycles. The van der Waals surface area contributed by atoms with E-state index in [0.29, 0.717) is 17.8 Å². The van der Waals surface area contributed by atoms with Gasteiger partial charge in [-0.1, -0.05) is 51.1 Å². The summed E-state index contributed by atoms with van der Waals surface area (Å²) < 4.78 is 0. The monoisotopic (exact) mass is 296 g/mol. The molecule has 0 aliphatic carbocycles. The van der Waals surface area contributed by atoms with Gasteiger partial charge in [0.25, 0.3) is 5.91 Å². The van der Waals surface area contributed by atoms with Gasteiger partial charge in [0.05, 0.1) is 0 Å². The van der Waals surface area contributed by atoms with Crippen LogP contribution < -0.4 is 11.1 Å². The molecule has 2 aromatic rings. The van der Waals surface area contributed by atoms with Crippen molar-refractivity contribution in [3.8, 4) is 0 Å². The van der Waals surface area contributed by atoms with Crippen molar-refractivity contribution in [2.75, 3.05) is 12.3 Å². The predicted octanol–water partition coefficient (Wildman–Crippen LogP) is 3.54. The zero-order chi connectivity index (χ0) is 16.2. The van der Waals surface area contributed by atoms with E-state index in [1.165, 1.54) is 11.1 Å². The third-order valence-corrected chi connectivity index (χ3v) is 3.67. The maximum Gasteiger partial charge on any atom is 0.251 e. The molecule has 0 spiro atoms. The van der Waals surface area contributed by atoms with Crippen LogP contribution in [-0.2, 0) is 11.8 Å². The highest BCUT2D eigenvalue weighted by atomic mass is 16.1. The number of benzene rings is 2. The smallest absolute Gasteiger partial charge is 0.251 e. The molecule has 2 aromatic carbocycles. The Morgan fingerprint density at radius 3 is 2.36 bits per heavy atom. The first-order chi connectivity index (χ1) is 10.4. The molecule has 0 atom stereocenters. The Balaban J connectivity index is 1.87. The van der Waals surface area contributed by atoms with Crippen molar-refractivity contribution in [1.82, 2.24) is 5.32 Å². The van der Waals surface area contributed by atoms with Crippen LogP contribution in [0.1, 0.15) is 42.3 Å². The lowest BCUT2D eigenvalue weighted by atomic mass is 9.86. The summed E-state index contributed by atoms with van der Waals surface area (Å²) in [5.74, 6) is -0.0846. The molecule has 3 N–H and O–H groups in total. The summed E-state index contributed by atoms with van der Waals surface area (Å²) in [6, 6.07) is 15.6. The zero-order valence-corrected chi connectivity index (χ0v) is 13.5. The first-order valence-corrected chi connectivity index (χ1v) is 7.59. The van der Waals surface area contributed by atoms with Gasteiger partial charge in [0.15, 0.2) is 0 Å². The molecule has 0 aliphatic heterocycles. The van der Waals surface area contributed by atoms with Crippen LogP contribution >= 0.6 is 0 Å². The van der Waals surface area contributed by atoms with Gasteiger partial charge in [-0.2, -0.15) is 0 Å². The van der Waals surface area contributed by atoms with Gasteiger partial charge in [-0.15, -0.1) is 0 Å². The normalized spacial score (nSPS) is 11.2. The molecule has 0 radical (unpaired) electrons. The molecule has 0 unspecified atom stereocenters. The maximum absolute atomic E-state index is 12.0. The summed E-state index contributed by atoms with van der Waals surface area (Å²) in [5, 5.41) is 2.93. The van der Waals surface area contributed by atoms with E-state index >= 15 is 0 Å². The second-order valence-corrected chi connectivity index (χ2v) is 6.58. The first-order valence-electron chi connectivity index (χ1n) is 7.59. The Kier molecular flexibility index (Phi) is 4.86. The third-order valence-electron chi connectivity index (χ3n) is 3.67. The third kappa shape index (κ3) is 4.35. The van der Waals surface area contributed by atoms with Crippen LogP contribution in [0, 0.1) is 0 Å². The summed E-state index contributed by atoms with van der Waals surface area (Å²) in [6.45, 7) is 7.22. The SMILES string of the molecule is CC(C)(C)c1ccc(CCNC(=O)c2cccc(N)c2)cc1. The Morgan fingerprint density at radius 1 is 1.09 bits per heavy atom. The molecule has 116 valence electrons. The quantitative estimate of drug-likeness (QED) is 0.848. The Hall–Kier alpha value is -2.29. The highest BCUT2D eigenvalue weighted by Gasteiger charge is 2.12. The molecule has 22 heavy (non-hydrogen) atoms. The number of nitrogens with one attached hydrogen (secondary N) is 1. The van der Waals surface area contributed by atoms with Crippen molar-refractivity contribution in [2.24, 2.45) is 0 Å². The van der Waals surface area contributed by atoms with E-state index in [-0.39, 0.29) is 11.3 Å². The van der Waals surface area contributed by atoms with Crippen molar-refractivity contribution in [3.05, 3.63) is 65.2 Å². The molecule has 0 saturated heterocycles. The molecule has 0 saturated carbocycles. The van der Waals surface area contributed by atoms with E-state index in [0.717, 1.165) is 6.42 Å². The highest BCUT2D eigenvalue weighted by Crippen LogP contribution is 2.22. The average molecular weight is 296 g/mol. The van der Waals surface area contributed by atoms with Crippen LogP contribution in [0.5, 0.6) is 0 Å². The van der Waals surface area contributed by atoms with Gasteiger partial charge in [0, 0.05) is 17.8 Å². The molecule has 0 aromatic heterocycles. The second kappa shape index (κ2) is 6.65. The summed E-state index contributed by atoms with van der Waals surface area (Å²) in [7, 11) is 0. The van der Waals surface area contributed by atoms with E-state index in [1.54, 1.807) is 24.3 Å². The van der Waals surface area contributed by atoms with Crippen LogP contribution in [0.3, 0.4) is 0 Å². The average Bonchev–Trinajstić information content (AvgIpc) is 2.47. The molecular formula is C19H24N2O. The molecule has 1 amide bonds. The lowest BCUT2D eigenvalue weighted by Crippen LogP contribution is -2.25. The van der Waals surface area contributed by atoms with Crippen molar-refractivity contribution < 1.29 is 4.79 Å². The number of rotatable bonds is 4. The largest absolute Gasteiger partial charge is 0.399 e. The minimum absolute atomic E-state index is 0.0846. The van der Waals surface area contributed by atoms with Gasteiger partial charge in [-0.05, 0) is 41.2 Å². The molecule has 0 aliphatic rings. The van der Waals surface area contributed by atoms with E-state index in [1.807, 2.05) is 0 Å². The number of carbonyl (C=O) groups excluding carboxylic acids is 1. The predicted molar refractivity (Wildman–Crippen MR) is 92.0 cm³/mol. The maximum atomic E-state index is 12.0. The fourth-order valence-electron chi connectivity index (χ4n) is 2.27. The lowest BCUT2D eigenvalue weighted by Gasteiger charge is -2.19. The zero-order valence-electron chi connectivity index (χ0n) is 13.5. The number of anilines is 1. The van der Waals surface area contributed by atoms with Gasteiger partial charge in [0.1, 0.15) is 0 Å². The number of carbonyl (C=O) groups is 1. The highest BCUT2D eigenvalue weighted by molar-refractivity contribution is 5.94. The minimum Gasteiger partial charge on any atom is -0.399 e. The van der Waals surface area contributed by atoms with E-state index in [9.17, 15) is 4.79 Å². The van der Waals surface area contributed by atoms with Crippen molar-refractivity contribution in [1.29, 1.82) is 0 Å². The lowest BCUT2D eigenvalue weighted by molar-refractivity contribution is 0.0954. The molecule has 0 bridgehead atoms. The fourth-order valence-corrected chi connectivity index (χ4v) is 2.27. The van der Waals surface area contributed by atoms with Crippen LogP contribution in [0.25, 0.3) is 0 Å². The van der Waals surface area contributed by atoms with E-state index < -0.39 is 0 Å². The van der Waals surface area contributed by atoms with Crippen LogP contribution in [0.4, 0.5) is 5.69 Å². The fraction of sp³-hybridized carbons (Fsp3) is 0.316. The second-order valence-electron chi connectivity index (χ2n) is 6.58. The summed E-state index contributed by atoms with van der Waals surface area (Å²) >= 11 is 0. The molecular weight excluding hydrogens is 272 g/mol. The number of hydrogen-bond acceptors (Lipinski definition) is 2. The van der Waals surface area contributed by atoms with Gasteiger partial charge < -0.3 is 11.1 Å². The van der Waals surface area contributed by atoms with Gasteiger partial charge >= 0.3 is 0 Å². The summed E-state index contributed by atoms with van der Waals surface area (Å²) in [6.07, 6.45) is 0.818. The topological polar surface area (TPSA) is 55.1 Å². The Bertz CT molecular complexity index is 639. The number of nitrogen functional groups attached to an aromatic ring is 1. The van der Waals surface area contributed by atoms with Crippen molar-refractivity contribution in [3.63, 3.8) is 0 Å². The number of nitrogens with two attached hydrogens (primary N) is 1. The molecule has 3 heteroatoms.